The van der Waals surface area contributed by atoms with Crippen molar-refractivity contribution in [2.24, 2.45) is 0 Å². The first-order valence-electron chi connectivity index (χ1n) is 8.82. The van der Waals surface area contributed by atoms with Crippen molar-refractivity contribution in [3.8, 4) is 11.4 Å². The minimum Gasteiger partial charge on any atom is -0.497 e. The number of imidazole rings is 1. The number of methoxy groups -OCH3 is 1. The molecule has 9 heteroatoms. The van der Waals surface area contributed by atoms with Gasteiger partial charge in [0.05, 0.1) is 25.4 Å². The van der Waals surface area contributed by atoms with Crippen molar-refractivity contribution in [1.82, 2.24) is 14.9 Å². The number of carbonyl (C=O) groups excluding carboxylic acids is 1. The summed E-state index contributed by atoms with van der Waals surface area (Å²) in [4.78, 5) is 16.4. The number of nitrogens with one attached hydrogen (secondary N) is 1. The standard InChI is InChI=1S/C20H22N4O4S/c1-28-19-9-7-18(8-10-19)24(29(2,26)27)14-20(25)22-13-16-3-5-17(6-4-16)23-12-11-21-15-23/h3-12,15H,13-14H2,1-2H3,(H,22,25). The fraction of sp³-hybridized carbons (Fsp3) is 0.200. The zero-order valence-corrected chi connectivity index (χ0v) is 17.0. The molecule has 0 spiro atoms. The van der Waals surface area contributed by atoms with Crippen LogP contribution in [-0.4, -0.2) is 43.8 Å². The number of nitrogens with zero attached hydrogens (tertiary/aromatic N) is 3. The van der Waals surface area contributed by atoms with E-state index in [2.05, 4.69) is 10.3 Å². The summed E-state index contributed by atoms with van der Waals surface area (Å²) in [6, 6.07) is 14.1. The molecule has 1 heterocycles. The van der Waals surface area contributed by atoms with Crippen molar-refractivity contribution in [1.29, 1.82) is 0 Å². The average molecular weight is 414 g/mol. The highest BCUT2D eigenvalue weighted by atomic mass is 32.2. The molecule has 0 aliphatic carbocycles. The van der Waals surface area contributed by atoms with Crippen LogP contribution in [0.3, 0.4) is 0 Å². The number of carbonyl (C=O) groups is 1. The van der Waals surface area contributed by atoms with Gasteiger partial charge in [-0.15, -0.1) is 0 Å². The number of aromatic nitrogens is 2. The maximum Gasteiger partial charge on any atom is 0.241 e. The van der Waals surface area contributed by atoms with Gasteiger partial charge in [0.1, 0.15) is 12.3 Å². The predicted molar refractivity (Wildman–Crippen MR) is 111 cm³/mol. The number of anilines is 1. The molecule has 0 aliphatic rings. The topological polar surface area (TPSA) is 93.5 Å². The van der Waals surface area contributed by atoms with Gasteiger partial charge in [0.15, 0.2) is 0 Å². The van der Waals surface area contributed by atoms with E-state index in [0.717, 1.165) is 21.8 Å². The molecule has 8 nitrogen and oxygen atoms in total. The Hall–Kier alpha value is -3.33. The van der Waals surface area contributed by atoms with Crippen LogP contribution in [0.4, 0.5) is 5.69 Å². The van der Waals surface area contributed by atoms with E-state index < -0.39 is 15.9 Å². The minimum atomic E-state index is -3.62. The van der Waals surface area contributed by atoms with Gasteiger partial charge in [0, 0.05) is 24.6 Å². The normalized spacial score (nSPS) is 11.1. The lowest BCUT2D eigenvalue weighted by Gasteiger charge is -2.22. The fourth-order valence-electron chi connectivity index (χ4n) is 2.73. The molecule has 3 aromatic rings. The van der Waals surface area contributed by atoms with Crippen LogP contribution < -0.4 is 14.4 Å². The van der Waals surface area contributed by atoms with Crippen LogP contribution in [0, 0.1) is 0 Å². The summed E-state index contributed by atoms with van der Waals surface area (Å²) < 4.78 is 32.3. The maximum atomic E-state index is 12.4. The molecule has 152 valence electrons. The highest BCUT2D eigenvalue weighted by molar-refractivity contribution is 7.92. The Labute approximate surface area is 169 Å². The lowest BCUT2D eigenvalue weighted by atomic mass is 10.2. The third-order valence-corrected chi connectivity index (χ3v) is 5.42. The Morgan fingerprint density at radius 3 is 2.38 bits per heavy atom. The Morgan fingerprint density at radius 1 is 1.14 bits per heavy atom. The van der Waals surface area contributed by atoms with Crippen LogP contribution in [-0.2, 0) is 21.4 Å². The fourth-order valence-corrected chi connectivity index (χ4v) is 3.59. The summed E-state index contributed by atoms with van der Waals surface area (Å²) in [7, 11) is -2.10. The second kappa shape index (κ2) is 8.78. The second-order valence-corrected chi connectivity index (χ2v) is 8.29. The van der Waals surface area contributed by atoms with Gasteiger partial charge in [-0.3, -0.25) is 9.10 Å². The van der Waals surface area contributed by atoms with Gasteiger partial charge in [-0.1, -0.05) is 12.1 Å². The van der Waals surface area contributed by atoms with Crippen molar-refractivity contribution < 1.29 is 17.9 Å². The summed E-state index contributed by atoms with van der Waals surface area (Å²) in [5.41, 5.74) is 2.26. The second-order valence-electron chi connectivity index (χ2n) is 6.38. The van der Waals surface area contributed by atoms with E-state index in [0.29, 0.717) is 18.0 Å². The summed E-state index contributed by atoms with van der Waals surface area (Å²) in [6.07, 6.45) is 6.31. The van der Waals surface area contributed by atoms with Crippen LogP contribution in [0.15, 0.2) is 67.3 Å². The number of sulfonamides is 1. The molecule has 1 aromatic heterocycles. The minimum absolute atomic E-state index is 0.295. The molecule has 0 fully saturated rings. The third kappa shape index (κ3) is 5.35. The molecule has 0 atom stereocenters. The number of hydrogen-bond donors (Lipinski definition) is 1. The number of hydrogen-bond acceptors (Lipinski definition) is 5. The van der Waals surface area contributed by atoms with E-state index in [-0.39, 0.29) is 6.54 Å². The summed E-state index contributed by atoms with van der Waals surface area (Å²) in [6.45, 7) is -0.0124. The molecule has 1 N–H and O–H groups in total. The molecule has 0 saturated carbocycles. The number of rotatable bonds is 8. The van der Waals surface area contributed by atoms with Crippen molar-refractivity contribution in [3.63, 3.8) is 0 Å². The van der Waals surface area contributed by atoms with E-state index in [9.17, 15) is 13.2 Å². The zero-order valence-electron chi connectivity index (χ0n) is 16.1. The van der Waals surface area contributed by atoms with Gasteiger partial charge in [-0.25, -0.2) is 13.4 Å². The van der Waals surface area contributed by atoms with Crippen molar-refractivity contribution in [2.45, 2.75) is 6.54 Å². The van der Waals surface area contributed by atoms with Gasteiger partial charge in [0.25, 0.3) is 0 Å². The monoisotopic (exact) mass is 414 g/mol. The van der Waals surface area contributed by atoms with Crippen LogP contribution in [0.1, 0.15) is 5.56 Å². The van der Waals surface area contributed by atoms with Crippen LogP contribution >= 0.6 is 0 Å². The predicted octanol–water partition coefficient (Wildman–Crippen LogP) is 1.96. The number of amides is 1. The molecule has 29 heavy (non-hydrogen) atoms. The summed E-state index contributed by atoms with van der Waals surface area (Å²) in [5, 5.41) is 2.76. The molecule has 0 radical (unpaired) electrons. The van der Waals surface area contributed by atoms with Crippen LogP contribution in [0.5, 0.6) is 5.75 Å². The average Bonchev–Trinajstić information content (AvgIpc) is 3.25. The van der Waals surface area contributed by atoms with Gasteiger partial charge in [-0.05, 0) is 42.0 Å². The molecule has 0 aliphatic heterocycles. The SMILES string of the molecule is COc1ccc(N(CC(=O)NCc2ccc(-n3ccnc3)cc2)S(C)(=O)=O)cc1. The lowest BCUT2D eigenvalue weighted by Crippen LogP contribution is -2.40. The summed E-state index contributed by atoms with van der Waals surface area (Å²) in [5.74, 6) is 0.204. The Morgan fingerprint density at radius 2 is 1.83 bits per heavy atom. The quantitative estimate of drug-likeness (QED) is 0.608. The molecule has 0 saturated heterocycles. The molecule has 0 unspecified atom stereocenters. The molecular formula is C20H22N4O4S. The number of benzene rings is 2. The Kier molecular flexibility index (Phi) is 6.18. The number of ether oxygens (including phenoxy) is 1. The first-order chi connectivity index (χ1) is 13.9. The maximum absolute atomic E-state index is 12.4. The Balaban J connectivity index is 1.62. The Bertz CT molecular complexity index is 1050. The van der Waals surface area contributed by atoms with E-state index in [4.69, 9.17) is 4.74 Å². The van der Waals surface area contributed by atoms with E-state index in [1.807, 2.05) is 35.0 Å². The molecule has 2 aromatic carbocycles. The van der Waals surface area contributed by atoms with Crippen LogP contribution in [0.2, 0.25) is 0 Å². The van der Waals surface area contributed by atoms with Gasteiger partial charge in [0.2, 0.25) is 15.9 Å². The smallest absolute Gasteiger partial charge is 0.241 e. The lowest BCUT2D eigenvalue weighted by molar-refractivity contribution is -0.119. The largest absolute Gasteiger partial charge is 0.497 e. The molecule has 0 bridgehead atoms. The van der Waals surface area contributed by atoms with Crippen molar-refractivity contribution in [2.75, 3.05) is 24.2 Å². The van der Waals surface area contributed by atoms with E-state index in [1.54, 1.807) is 36.8 Å². The molecule has 3 rings (SSSR count). The zero-order chi connectivity index (χ0) is 20.9. The van der Waals surface area contributed by atoms with Gasteiger partial charge in [-0.2, -0.15) is 0 Å². The molecular weight excluding hydrogens is 392 g/mol. The van der Waals surface area contributed by atoms with Crippen LogP contribution in [0.25, 0.3) is 5.69 Å². The molecule has 1 amide bonds. The highest BCUT2D eigenvalue weighted by Crippen LogP contribution is 2.21. The first-order valence-corrected chi connectivity index (χ1v) is 10.7. The van der Waals surface area contributed by atoms with E-state index in [1.165, 1.54) is 7.11 Å². The van der Waals surface area contributed by atoms with Gasteiger partial charge >= 0.3 is 0 Å². The van der Waals surface area contributed by atoms with E-state index >= 15 is 0 Å². The summed E-state index contributed by atoms with van der Waals surface area (Å²) >= 11 is 0. The first kappa shape index (κ1) is 20.4. The van der Waals surface area contributed by atoms with Crippen molar-refractivity contribution in [3.05, 3.63) is 72.8 Å². The third-order valence-electron chi connectivity index (χ3n) is 4.28. The van der Waals surface area contributed by atoms with Crippen molar-refractivity contribution >= 4 is 21.6 Å². The van der Waals surface area contributed by atoms with Gasteiger partial charge < -0.3 is 14.6 Å². The highest BCUT2D eigenvalue weighted by Gasteiger charge is 2.20.